The lowest BCUT2D eigenvalue weighted by atomic mass is 10.4. The zero-order valence-electron chi connectivity index (χ0n) is 8.40. The summed E-state index contributed by atoms with van der Waals surface area (Å²) in [6, 6.07) is 9.41. The Hall–Kier alpha value is -0.930. The molecular weight excluding hydrogens is 196 g/mol. The topological polar surface area (TPSA) is 26.3 Å². The van der Waals surface area contributed by atoms with E-state index < -0.39 is 10.8 Å². The first-order valence-electron chi connectivity index (χ1n) is 4.38. The van der Waals surface area contributed by atoms with E-state index in [-0.39, 0.29) is 0 Å². The zero-order chi connectivity index (χ0) is 10.4. The molecule has 1 rings (SSSR count). The Bertz CT molecular complexity index is 330. The molecule has 0 heterocycles. The highest BCUT2D eigenvalue weighted by molar-refractivity contribution is 7.89. The third-order valence-corrected chi connectivity index (χ3v) is 3.24. The Labute approximate surface area is 87.1 Å². The molecule has 2 nitrogen and oxygen atoms in total. The Kier molecular flexibility index (Phi) is 4.56. The van der Waals surface area contributed by atoms with E-state index in [1.54, 1.807) is 7.11 Å². The molecule has 0 amide bonds. The number of rotatable bonds is 4. The van der Waals surface area contributed by atoms with Crippen LogP contribution in [0.3, 0.4) is 0 Å². The average molecular weight is 210 g/mol. The van der Waals surface area contributed by atoms with E-state index in [2.05, 4.69) is 0 Å². The molecule has 0 bridgehead atoms. The maximum atomic E-state index is 11.8. The van der Waals surface area contributed by atoms with E-state index in [1.165, 1.54) is 0 Å². The van der Waals surface area contributed by atoms with E-state index >= 15 is 0 Å². The van der Waals surface area contributed by atoms with Gasteiger partial charge in [-0.05, 0) is 25.1 Å². The van der Waals surface area contributed by atoms with Crippen molar-refractivity contribution in [3.05, 3.63) is 41.3 Å². The monoisotopic (exact) mass is 210 g/mol. The second-order valence-corrected chi connectivity index (χ2v) is 4.50. The summed E-state index contributed by atoms with van der Waals surface area (Å²) in [6.07, 6.45) is 1.84. The minimum Gasteiger partial charge on any atom is -0.381 e. The van der Waals surface area contributed by atoms with Gasteiger partial charge in [-0.15, -0.1) is 0 Å². The van der Waals surface area contributed by atoms with Crippen LogP contribution >= 0.6 is 0 Å². The Balaban J connectivity index is 2.76. The molecule has 0 saturated carbocycles. The van der Waals surface area contributed by atoms with Gasteiger partial charge >= 0.3 is 0 Å². The predicted octanol–water partition coefficient (Wildman–Crippen LogP) is 2.34. The molecule has 1 unspecified atom stereocenters. The van der Waals surface area contributed by atoms with Crippen molar-refractivity contribution < 1.29 is 8.95 Å². The van der Waals surface area contributed by atoms with Crippen LogP contribution in [0.5, 0.6) is 0 Å². The van der Waals surface area contributed by atoms with Crippen molar-refractivity contribution in [3.8, 4) is 0 Å². The number of hydrogen-bond acceptors (Lipinski definition) is 2. The molecule has 0 aliphatic carbocycles. The van der Waals surface area contributed by atoms with Gasteiger partial charge in [0.2, 0.25) is 0 Å². The van der Waals surface area contributed by atoms with Gasteiger partial charge in [0.25, 0.3) is 0 Å². The molecule has 76 valence electrons. The molecule has 1 atom stereocenters. The number of benzene rings is 1. The summed E-state index contributed by atoms with van der Waals surface area (Å²) in [7, 11) is 0.572. The molecule has 3 heteroatoms. The average Bonchev–Trinajstić information content (AvgIpc) is 2.26. The number of allylic oxidation sites excluding steroid dienone is 1. The smallest absolute Gasteiger partial charge is 0.0803 e. The van der Waals surface area contributed by atoms with E-state index in [0.29, 0.717) is 6.61 Å². The molecule has 0 aliphatic heterocycles. The Morgan fingerprint density at radius 2 is 2.07 bits per heavy atom. The standard InChI is InChI=1S/C11H14O2S/c1-10(8-9-13-2)14(12)11-6-4-3-5-7-11/h3-8H,9H2,1-2H3/b10-8+. The van der Waals surface area contributed by atoms with Crippen molar-refractivity contribution >= 4 is 10.8 Å². The lowest BCUT2D eigenvalue weighted by Crippen LogP contribution is -1.94. The lowest BCUT2D eigenvalue weighted by Gasteiger charge is -2.01. The van der Waals surface area contributed by atoms with Gasteiger partial charge < -0.3 is 4.74 Å². The number of methoxy groups -OCH3 is 1. The first-order valence-corrected chi connectivity index (χ1v) is 5.53. The molecule has 1 aromatic rings. The molecule has 0 radical (unpaired) electrons. The number of hydrogen-bond donors (Lipinski definition) is 0. The second kappa shape index (κ2) is 5.73. The van der Waals surface area contributed by atoms with Crippen molar-refractivity contribution in [2.45, 2.75) is 11.8 Å². The summed E-state index contributed by atoms with van der Waals surface area (Å²) >= 11 is 0. The SMILES string of the molecule is COC/C=C(\C)S(=O)c1ccccc1. The fraction of sp³-hybridized carbons (Fsp3) is 0.273. The summed E-state index contributed by atoms with van der Waals surface area (Å²) in [5.74, 6) is 0. The summed E-state index contributed by atoms with van der Waals surface area (Å²) in [6.45, 7) is 2.35. The molecule has 0 fully saturated rings. The third kappa shape index (κ3) is 3.09. The van der Waals surface area contributed by atoms with E-state index in [1.807, 2.05) is 43.3 Å². The Morgan fingerprint density at radius 3 is 2.64 bits per heavy atom. The first-order chi connectivity index (χ1) is 6.75. The maximum absolute atomic E-state index is 11.8. The quantitative estimate of drug-likeness (QED) is 0.762. The third-order valence-electron chi connectivity index (χ3n) is 1.79. The lowest BCUT2D eigenvalue weighted by molar-refractivity contribution is 0.233. The molecule has 0 N–H and O–H groups in total. The summed E-state index contributed by atoms with van der Waals surface area (Å²) in [5.41, 5.74) is 0. The van der Waals surface area contributed by atoms with Crippen LogP contribution in [0.4, 0.5) is 0 Å². The molecule has 0 saturated heterocycles. The summed E-state index contributed by atoms with van der Waals surface area (Å²) in [5, 5.41) is 0. The van der Waals surface area contributed by atoms with Gasteiger partial charge in [0, 0.05) is 16.9 Å². The minimum atomic E-state index is -1.05. The van der Waals surface area contributed by atoms with Crippen molar-refractivity contribution in [2.75, 3.05) is 13.7 Å². The van der Waals surface area contributed by atoms with Crippen molar-refractivity contribution in [1.82, 2.24) is 0 Å². The van der Waals surface area contributed by atoms with Crippen molar-refractivity contribution in [3.63, 3.8) is 0 Å². The molecular formula is C11H14O2S. The highest BCUT2D eigenvalue weighted by atomic mass is 32.2. The molecule has 0 aliphatic rings. The molecule has 0 spiro atoms. The second-order valence-electron chi connectivity index (χ2n) is 2.85. The van der Waals surface area contributed by atoms with Gasteiger partial charge in [-0.1, -0.05) is 18.2 Å². The molecule has 14 heavy (non-hydrogen) atoms. The molecule has 0 aromatic heterocycles. The molecule has 1 aromatic carbocycles. The van der Waals surface area contributed by atoms with Gasteiger partial charge in [0.05, 0.1) is 17.4 Å². The summed E-state index contributed by atoms with van der Waals surface area (Å²) in [4.78, 5) is 1.66. The van der Waals surface area contributed by atoms with Crippen LogP contribution < -0.4 is 0 Å². The van der Waals surface area contributed by atoms with Crippen LogP contribution in [0.25, 0.3) is 0 Å². The number of ether oxygens (including phenoxy) is 1. The van der Waals surface area contributed by atoms with Gasteiger partial charge in [-0.25, -0.2) is 4.21 Å². The van der Waals surface area contributed by atoms with Crippen LogP contribution in [0.15, 0.2) is 46.2 Å². The van der Waals surface area contributed by atoms with E-state index in [0.717, 1.165) is 9.80 Å². The van der Waals surface area contributed by atoms with Crippen molar-refractivity contribution in [2.24, 2.45) is 0 Å². The van der Waals surface area contributed by atoms with Crippen molar-refractivity contribution in [1.29, 1.82) is 0 Å². The van der Waals surface area contributed by atoms with Gasteiger partial charge in [-0.3, -0.25) is 0 Å². The highest BCUT2D eigenvalue weighted by Crippen LogP contribution is 2.12. The zero-order valence-corrected chi connectivity index (χ0v) is 9.21. The largest absolute Gasteiger partial charge is 0.381 e. The van der Waals surface area contributed by atoms with Crippen LogP contribution in [0, 0.1) is 0 Å². The van der Waals surface area contributed by atoms with E-state index in [9.17, 15) is 4.21 Å². The van der Waals surface area contributed by atoms with Crippen LogP contribution in [-0.4, -0.2) is 17.9 Å². The maximum Gasteiger partial charge on any atom is 0.0803 e. The predicted molar refractivity (Wildman–Crippen MR) is 58.5 cm³/mol. The van der Waals surface area contributed by atoms with Gasteiger partial charge in [0.1, 0.15) is 0 Å². The highest BCUT2D eigenvalue weighted by Gasteiger charge is 2.03. The van der Waals surface area contributed by atoms with Gasteiger partial charge in [0.15, 0.2) is 0 Å². The Morgan fingerprint density at radius 1 is 1.43 bits per heavy atom. The van der Waals surface area contributed by atoms with Gasteiger partial charge in [-0.2, -0.15) is 0 Å². The van der Waals surface area contributed by atoms with Crippen LogP contribution in [-0.2, 0) is 15.5 Å². The normalized spacial score (nSPS) is 14.0. The summed E-state index contributed by atoms with van der Waals surface area (Å²) < 4.78 is 16.7. The fourth-order valence-electron chi connectivity index (χ4n) is 1.01. The van der Waals surface area contributed by atoms with Crippen LogP contribution in [0.2, 0.25) is 0 Å². The van der Waals surface area contributed by atoms with Crippen LogP contribution in [0.1, 0.15) is 6.92 Å². The first kappa shape index (κ1) is 11.1. The minimum absolute atomic E-state index is 0.504. The van der Waals surface area contributed by atoms with E-state index in [4.69, 9.17) is 4.74 Å². The fourth-order valence-corrected chi connectivity index (χ4v) is 2.00.